The Morgan fingerprint density at radius 2 is 1.15 bits per heavy atom. The standard InChI is InChI=1S/C23H28N4O6/c1-3-4-5-6-15-33-19-13-9-17(10-14-19)21(29)25-27-23(31)22(30)26-24-20(28)16-7-11-18(32-2)12-8-16/h7-14H,3-6,15H2,1-2H3,(H,24,28)(H,25,29)(H,26,30)(H,27,31). The fourth-order valence-corrected chi connectivity index (χ4v) is 2.65. The van der Waals surface area contributed by atoms with Gasteiger partial charge >= 0.3 is 11.8 Å². The minimum absolute atomic E-state index is 0.248. The van der Waals surface area contributed by atoms with Crippen LogP contribution in [0.5, 0.6) is 11.5 Å². The molecule has 0 spiro atoms. The molecule has 2 aromatic rings. The minimum Gasteiger partial charge on any atom is -0.497 e. The maximum absolute atomic E-state index is 12.1. The third-order valence-corrected chi connectivity index (χ3v) is 4.52. The molecule has 2 rings (SSSR count). The van der Waals surface area contributed by atoms with Crippen molar-refractivity contribution in [3.8, 4) is 11.5 Å². The Balaban J connectivity index is 1.72. The molecule has 4 amide bonds. The maximum Gasteiger partial charge on any atom is 0.329 e. The van der Waals surface area contributed by atoms with Gasteiger partial charge in [-0.05, 0) is 55.0 Å². The van der Waals surface area contributed by atoms with E-state index in [1.54, 1.807) is 24.3 Å². The highest BCUT2D eigenvalue weighted by atomic mass is 16.5. The summed E-state index contributed by atoms with van der Waals surface area (Å²) in [6, 6.07) is 12.5. The number of hydrogen-bond donors (Lipinski definition) is 4. The second-order valence-electron chi connectivity index (χ2n) is 6.98. The molecule has 0 saturated heterocycles. The average Bonchev–Trinajstić information content (AvgIpc) is 2.85. The number of amides is 4. The van der Waals surface area contributed by atoms with Gasteiger partial charge in [0.25, 0.3) is 11.8 Å². The number of unbranched alkanes of at least 4 members (excludes halogenated alkanes) is 3. The van der Waals surface area contributed by atoms with Crippen LogP contribution < -0.4 is 31.2 Å². The van der Waals surface area contributed by atoms with E-state index in [0.717, 1.165) is 19.3 Å². The number of rotatable bonds is 9. The smallest absolute Gasteiger partial charge is 0.329 e. The Morgan fingerprint density at radius 3 is 1.61 bits per heavy atom. The first-order valence-electron chi connectivity index (χ1n) is 10.5. The van der Waals surface area contributed by atoms with Crippen LogP contribution in [0.2, 0.25) is 0 Å². The van der Waals surface area contributed by atoms with Gasteiger partial charge < -0.3 is 9.47 Å². The van der Waals surface area contributed by atoms with Crippen LogP contribution in [0, 0.1) is 0 Å². The molecule has 2 aromatic carbocycles. The van der Waals surface area contributed by atoms with Crippen LogP contribution in [0.3, 0.4) is 0 Å². The normalized spacial score (nSPS) is 10.0. The molecule has 0 aromatic heterocycles. The predicted octanol–water partition coefficient (Wildman–Crippen LogP) is 1.88. The van der Waals surface area contributed by atoms with Gasteiger partial charge in [0, 0.05) is 11.1 Å². The van der Waals surface area contributed by atoms with Gasteiger partial charge in [0.05, 0.1) is 13.7 Å². The molecule has 10 nitrogen and oxygen atoms in total. The first kappa shape index (κ1) is 25.2. The molecular weight excluding hydrogens is 428 g/mol. The third-order valence-electron chi connectivity index (χ3n) is 4.52. The molecular formula is C23H28N4O6. The zero-order valence-corrected chi connectivity index (χ0v) is 18.6. The monoisotopic (exact) mass is 456 g/mol. The maximum atomic E-state index is 12.1. The van der Waals surface area contributed by atoms with Crippen molar-refractivity contribution >= 4 is 23.6 Å². The van der Waals surface area contributed by atoms with Gasteiger partial charge in [-0.15, -0.1) is 0 Å². The van der Waals surface area contributed by atoms with E-state index in [0.29, 0.717) is 18.1 Å². The van der Waals surface area contributed by atoms with E-state index in [1.807, 2.05) is 10.9 Å². The van der Waals surface area contributed by atoms with Crippen LogP contribution in [0.15, 0.2) is 48.5 Å². The van der Waals surface area contributed by atoms with Crippen molar-refractivity contribution in [3.05, 3.63) is 59.7 Å². The van der Waals surface area contributed by atoms with Gasteiger partial charge in [0.15, 0.2) is 0 Å². The highest BCUT2D eigenvalue weighted by Crippen LogP contribution is 2.13. The van der Waals surface area contributed by atoms with E-state index in [4.69, 9.17) is 9.47 Å². The van der Waals surface area contributed by atoms with Crippen LogP contribution in [-0.4, -0.2) is 37.3 Å². The van der Waals surface area contributed by atoms with Gasteiger partial charge in [-0.3, -0.25) is 40.9 Å². The number of nitrogens with one attached hydrogen (secondary N) is 4. The van der Waals surface area contributed by atoms with Crippen molar-refractivity contribution in [2.75, 3.05) is 13.7 Å². The molecule has 0 unspecified atom stereocenters. The van der Waals surface area contributed by atoms with Crippen molar-refractivity contribution in [3.63, 3.8) is 0 Å². The van der Waals surface area contributed by atoms with Crippen LogP contribution in [0.4, 0.5) is 0 Å². The van der Waals surface area contributed by atoms with E-state index < -0.39 is 23.6 Å². The summed E-state index contributed by atoms with van der Waals surface area (Å²) in [5.74, 6) is -2.37. The zero-order valence-electron chi connectivity index (χ0n) is 18.6. The summed E-state index contributed by atoms with van der Waals surface area (Å²) in [7, 11) is 1.49. The molecule has 0 aliphatic carbocycles. The Morgan fingerprint density at radius 1 is 0.667 bits per heavy atom. The second-order valence-corrected chi connectivity index (χ2v) is 6.98. The number of hydrazine groups is 2. The first-order chi connectivity index (χ1) is 15.9. The number of ether oxygens (including phenoxy) is 2. The predicted molar refractivity (Wildman–Crippen MR) is 120 cm³/mol. The molecule has 176 valence electrons. The first-order valence-corrected chi connectivity index (χ1v) is 10.5. The van der Waals surface area contributed by atoms with E-state index in [9.17, 15) is 19.2 Å². The van der Waals surface area contributed by atoms with Crippen LogP contribution in [0.1, 0.15) is 53.3 Å². The second kappa shape index (κ2) is 13.4. The molecule has 0 aliphatic rings. The van der Waals surface area contributed by atoms with E-state index in [-0.39, 0.29) is 11.1 Å². The van der Waals surface area contributed by atoms with Crippen molar-refractivity contribution in [1.29, 1.82) is 0 Å². The lowest BCUT2D eigenvalue weighted by Crippen LogP contribution is -2.52. The Bertz CT molecular complexity index is 944. The Hall–Kier alpha value is -4.08. The van der Waals surface area contributed by atoms with Gasteiger partial charge in [0.2, 0.25) is 0 Å². The molecule has 0 fully saturated rings. The topological polar surface area (TPSA) is 135 Å². The number of methoxy groups -OCH3 is 1. The fourth-order valence-electron chi connectivity index (χ4n) is 2.65. The minimum atomic E-state index is -1.16. The summed E-state index contributed by atoms with van der Waals surface area (Å²) in [5, 5.41) is 0. The summed E-state index contributed by atoms with van der Waals surface area (Å²) in [6.07, 6.45) is 4.39. The molecule has 0 aliphatic heterocycles. The highest BCUT2D eigenvalue weighted by molar-refractivity contribution is 6.35. The van der Waals surface area contributed by atoms with Crippen LogP contribution in [-0.2, 0) is 9.59 Å². The third kappa shape index (κ3) is 8.52. The lowest BCUT2D eigenvalue weighted by atomic mass is 10.2. The molecule has 0 atom stereocenters. The van der Waals surface area contributed by atoms with Crippen molar-refractivity contribution in [2.45, 2.75) is 32.6 Å². The zero-order chi connectivity index (χ0) is 24.1. The SMILES string of the molecule is CCCCCCOc1ccc(C(=O)NNC(=O)C(=O)NNC(=O)c2ccc(OC)cc2)cc1. The van der Waals surface area contributed by atoms with E-state index >= 15 is 0 Å². The molecule has 0 radical (unpaired) electrons. The van der Waals surface area contributed by atoms with Crippen molar-refractivity contribution in [1.82, 2.24) is 21.7 Å². The molecule has 4 N–H and O–H groups in total. The number of carbonyl (C=O) groups is 4. The summed E-state index contributed by atoms with van der Waals surface area (Å²) in [5.41, 5.74) is 8.69. The highest BCUT2D eigenvalue weighted by Gasteiger charge is 2.16. The van der Waals surface area contributed by atoms with Gasteiger partial charge in [-0.1, -0.05) is 26.2 Å². The fraction of sp³-hybridized carbons (Fsp3) is 0.304. The summed E-state index contributed by atoms with van der Waals surface area (Å²) in [6.45, 7) is 2.74. The lowest BCUT2D eigenvalue weighted by molar-refractivity contribution is -0.140. The molecule has 33 heavy (non-hydrogen) atoms. The average molecular weight is 456 g/mol. The summed E-state index contributed by atoms with van der Waals surface area (Å²) in [4.78, 5) is 47.8. The van der Waals surface area contributed by atoms with E-state index in [1.165, 1.54) is 37.8 Å². The van der Waals surface area contributed by atoms with Crippen LogP contribution >= 0.6 is 0 Å². The van der Waals surface area contributed by atoms with Crippen molar-refractivity contribution < 1.29 is 28.7 Å². The van der Waals surface area contributed by atoms with Gasteiger partial charge in [-0.2, -0.15) is 0 Å². The largest absolute Gasteiger partial charge is 0.497 e. The Labute approximate surface area is 192 Å². The molecule has 0 saturated carbocycles. The number of carbonyl (C=O) groups excluding carboxylic acids is 4. The number of benzene rings is 2. The molecule has 10 heteroatoms. The van der Waals surface area contributed by atoms with Gasteiger partial charge in [0.1, 0.15) is 11.5 Å². The lowest BCUT2D eigenvalue weighted by Gasteiger charge is -2.10. The van der Waals surface area contributed by atoms with E-state index in [2.05, 4.69) is 17.8 Å². The van der Waals surface area contributed by atoms with Gasteiger partial charge in [-0.25, -0.2) is 0 Å². The van der Waals surface area contributed by atoms with Crippen molar-refractivity contribution in [2.24, 2.45) is 0 Å². The quantitative estimate of drug-likeness (QED) is 0.259. The molecule has 0 bridgehead atoms. The number of hydrogen-bond acceptors (Lipinski definition) is 6. The Kier molecular flexibility index (Phi) is 10.2. The molecule has 0 heterocycles. The summed E-state index contributed by atoms with van der Waals surface area (Å²) >= 11 is 0. The summed E-state index contributed by atoms with van der Waals surface area (Å²) < 4.78 is 10.6. The van der Waals surface area contributed by atoms with Crippen LogP contribution in [0.25, 0.3) is 0 Å².